The fourth-order valence-corrected chi connectivity index (χ4v) is 4.39. The Labute approximate surface area is 268 Å². The molecule has 4 aromatic carbocycles. The van der Waals surface area contributed by atoms with Gasteiger partial charge in [-0.1, -0.05) is 71.8 Å². The third-order valence-corrected chi connectivity index (χ3v) is 6.33. The van der Waals surface area contributed by atoms with E-state index in [-0.39, 0.29) is 22.5 Å². The summed E-state index contributed by atoms with van der Waals surface area (Å²) in [6, 6.07) is 24.4. The number of aryl methyl sites for hydroxylation is 2. The normalized spacial score (nSPS) is 11.1. The number of ether oxygens (including phenoxy) is 2. The molecule has 0 aliphatic rings. The van der Waals surface area contributed by atoms with Gasteiger partial charge in [0.25, 0.3) is 11.4 Å². The monoisotopic (exact) mass is 626 g/mol. The molecule has 0 saturated carbocycles. The minimum atomic E-state index is -0.708. The number of rotatable bonds is 6. The Kier molecular flexibility index (Phi) is 10.8. The Bertz CT molecular complexity index is 1650. The Morgan fingerprint density at radius 1 is 0.543 bits per heavy atom. The van der Waals surface area contributed by atoms with Crippen LogP contribution in [0.1, 0.15) is 73.4 Å². The second kappa shape index (κ2) is 14.2. The second-order valence-electron chi connectivity index (χ2n) is 12.7. The second-order valence-corrected chi connectivity index (χ2v) is 12.7. The van der Waals surface area contributed by atoms with Crippen molar-refractivity contribution in [1.82, 2.24) is 0 Å². The molecule has 0 heterocycles. The smallest absolute Gasteiger partial charge is 0.345 e. The fourth-order valence-electron chi connectivity index (χ4n) is 4.39. The summed E-state index contributed by atoms with van der Waals surface area (Å²) >= 11 is 0. The van der Waals surface area contributed by atoms with Crippen molar-refractivity contribution in [2.45, 2.75) is 66.6 Å². The van der Waals surface area contributed by atoms with E-state index in [0.29, 0.717) is 11.1 Å². The maximum atomic E-state index is 12.2. The van der Waals surface area contributed by atoms with Gasteiger partial charge in [0.05, 0.1) is 9.85 Å². The highest BCUT2D eigenvalue weighted by Gasteiger charge is 2.27. The van der Waals surface area contributed by atoms with Crippen molar-refractivity contribution in [2.24, 2.45) is 0 Å². The van der Waals surface area contributed by atoms with Crippen molar-refractivity contribution in [2.75, 3.05) is 0 Å². The molecule has 0 bridgehead atoms. The average molecular weight is 627 g/mol. The van der Waals surface area contributed by atoms with E-state index in [1.165, 1.54) is 24.3 Å². The number of hydrogen-bond acceptors (Lipinski definition) is 8. The molecule has 0 N–H and O–H groups in total. The maximum Gasteiger partial charge on any atom is 0.345 e. The Balaban J connectivity index is 0.000000250. The molecular formula is C36H38N2O8. The van der Waals surface area contributed by atoms with Gasteiger partial charge in [0.1, 0.15) is 22.3 Å². The van der Waals surface area contributed by atoms with E-state index in [1.807, 2.05) is 62.4 Å². The van der Waals surface area contributed by atoms with Crippen molar-refractivity contribution in [1.29, 1.82) is 0 Å². The largest absolute Gasteiger partial charge is 0.456 e. The van der Waals surface area contributed by atoms with Gasteiger partial charge in [-0.15, -0.1) is 0 Å². The van der Waals surface area contributed by atoms with Gasteiger partial charge in [0.2, 0.25) is 0 Å². The number of nitrogens with zero attached hydrogens (tertiary/aromatic N) is 2. The number of hydrogen-bond donors (Lipinski definition) is 0. The molecule has 0 spiro atoms. The van der Waals surface area contributed by atoms with Crippen LogP contribution in [0.4, 0.5) is 11.4 Å². The van der Waals surface area contributed by atoms with E-state index in [0.717, 1.165) is 22.3 Å². The molecule has 0 unspecified atom stereocenters. The van der Waals surface area contributed by atoms with Crippen molar-refractivity contribution < 1.29 is 28.9 Å². The lowest BCUT2D eigenvalue weighted by molar-refractivity contribution is -0.385. The molecule has 10 nitrogen and oxygen atoms in total. The van der Waals surface area contributed by atoms with Gasteiger partial charge in [-0.05, 0) is 89.8 Å². The molecule has 4 aromatic rings. The molecule has 10 heteroatoms. The summed E-state index contributed by atoms with van der Waals surface area (Å²) in [5.41, 5.74) is 3.22. The number of carbonyl (C=O) groups excluding carboxylic acids is 2. The van der Waals surface area contributed by atoms with Gasteiger partial charge in [0, 0.05) is 12.1 Å². The van der Waals surface area contributed by atoms with Crippen LogP contribution in [-0.2, 0) is 9.47 Å². The van der Waals surface area contributed by atoms with Crippen LogP contribution < -0.4 is 0 Å². The molecule has 46 heavy (non-hydrogen) atoms. The predicted octanol–water partition coefficient (Wildman–Crippen LogP) is 9.05. The highest BCUT2D eigenvalue weighted by Crippen LogP contribution is 2.30. The van der Waals surface area contributed by atoms with Gasteiger partial charge in [-0.3, -0.25) is 20.2 Å². The van der Waals surface area contributed by atoms with E-state index in [4.69, 9.17) is 9.47 Å². The summed E-state index contributed by atoms with van der Waals surface area (Å²) in [5.74, 6) is -1.39. The van der Waals surface area contributed by atoms with E-state index in [1.54, 1.807) is 53.7 Å². The standard InChI is InChI=1S/2C18H19NO4/c2*1-12-6-5-7-13(10-12)14-8-9-15(16(11-14)19(21)22)17(20)23-18(2,3)4/h2*5-11H,1-4H3. The summed E-state index contributed by atoms with van der Waals surface area (Å²) in [4.78, 5) is 45.9. The number of carbonyl (C=O) groups is 2. The first kappa shape index (κ1) is 35.1. The minimum absolute atomic E-state index is 0.0404. The van der Waals surface area contributed by atoms with Crippen molar-refractivity contribution in [3.8, 4) is 22.3 Å². The molecule has 0 aliphatic heterocycles. The first-order valence-electron chi connectivity index (χ1n) is 14.5. The molecule has 0 saturated heterocycles. The van der Waals surface area contributed by atoms with Crippen LogP contribution in [0, 0.1) is 34.1 Å². The van der Waals surface area contributed by atoms with Crippen LogP contribution in [0.25, 0.3) is 22.3 Å². The van der Waals surface area contributed by atoms with Crippen LogP contribution in [0.3, 0.4) is 0 Å². The summed E-state index contributed by atoms with van der Waals surface area (Å²) in [7, 11) is 0. The molecule has 0 aromatic heterocycles. The third-order valence-electron chi connectivity index (χ3n) is 6.33. The van der Waals surface area contributed by atoms with Gasteiger partial charge in [0.15, 0.2) is 0 Å². The summed E-state index contributed by atoms with van der Waals surface area (Å²) in [5, 5.41) is 22.7. The summed E-state index contributed by atoms with van der Waals surface area (Å²) < 4.78 is 10.5. The van der Waals surface area contributed by atoms with Crippen LogP contribution in [0.2, 0.25) is 0 Å². The highest BCUT2D eigenvalue weighted by molar-refractivity contribution is 5.96. The van der Waals surface area contributed by atoms with Gasteiger partial charge in [-0.2, -0.15) is 0 Å². The zero-order valence-corrected chi connectivity index (χ0v) is 27.2. The Hall–Kier alpha value is -5.38. The molecule has 0 fully saturated rings. The molecular weight excluding hydrogens is 588 g/mol. The van der Waals surface area contributed by atoms with E-state index in [9.17, 15) is 29.8 Å². The molecule has 0 atom stereocenters. The number of benzene rings is 4. The lowest BCUT2D eigenvalue weighted by Crippen LogP contribution is -2.24. The number of esters is 2. The van der Waals surface area contributed by atoms with Gasteiger partial charge in [-0.25, -0.2) is 9.59 Å². The van der Waals surface area contributed by atoms with E-state index >= 15 is 0 Å². The Morgan fingerprint density at radius 3 is 1.15 bits per heavy atom. The SMILES string of the molecule is Cc1cccc(-c2ccc(C(=O)OC(C)(C)C)c([N+](=O)[O-])c2)c1.Cc1cccc(-c2ccc(C(=O)OC(C)(C)C)c([N+](=O)[O-])c2)c1. The summed E-state index contributed by atoms with van der Waals surface area (Å²) in [6.45, 7) is 14.2. The summed E-state index contributed by atoms with van der Waals surface area (Å²) in [6.07, 6.45) is 0. The lowest BCUT2D eigenvalue weighted by Gasteiger charge is -2.19. The first-order valence-corrected chi connectivity index (χ1v) is 14.5. The molecule has 0 amide bonds. The van der Waals surface area contributed by atoms with E-state index in [2.05, 4.69) is 0 Å². The molecule has 240 valence electrons. The number of nitro benzene ring substituents is 2. The predicted molar refractivity (Wildman–Crippen MR) is 177 cm³/mol. The maximum absolute atomic E-state index is 12.2. The van der Waals surface area contributed by atoms with Crippen LogP contribution in [0.15, 0.2) is 84.9 Å². The minimum Gasteiger partial charge on any atom is -0.456 e. The fraction of sp³-hybridized carbons (Fsp3) is 0.278. The van der Waals surface area contributed by atoms with Gasteiger partial charge < -0.3 is 9.47 Å². The van der Waals surface area contributed by atoms with Crippen LogP contribution >= 0.6 is 0 Å². The lowest BCUT2D eigenvalue weighted by atomic mass is 10.0. The molecule has 4 rings (SSSR count). The Morgan fingerprint density at radius 2 is 0.870 bits per heavy atom. The quantitative estimate of drug-likeness (QED) is 0.117. The van der Waals surface area contributed by atoms with Crippen molar-refractivity contribution in [3.05, 3.63) is 127 Å². The van der Waals surface area contributed by atoms with Crippen molar-refractivity contribution in [3.63, 3.8) is 0 Å². The number of nitro groups is 2. The highest BCUT2D eigenvalue weighted by atomic mass is 16.6. The first-order chi connectivity index (χ1) is 21.3. The average Bonchev–Trinajstić information content (AvgIpc) is 2.95. The topological polar surface area (TPSA) is 139 Å². The van der Waals surface area contributed by atoms with E-state index < -0.39 is 33.0 Å². The van der Waals surface area contributed by atoms with Gasteiger partial charge >= 0.3 is 11.9 Å². The zero-order valence-electron chi connectivity index (χ0n) is 27.2. The zero-order chi connectivity index (χ0) is 34.4. The molecule has 0 radical (unpaired) electrons. The third kappa shape index (κ3) is 9.82. The van der Waals surface area contributed by atoms with Crippen LogP contribution in [-0.4, -0.2) is 33.0 Å². The van der Waals surface area contributed by atoms with Crippen LogP contribution in [0.5, 0.6) is 0 Å². The molecule has 0 aliphatic carbocycles. The van der Waals surface area contributed by atoms with Crippen molar-refractivity contribution >= 4 is 23.3 Å².